The lowest BCUT2D eigenvalue weighted by Crippen LogP contribution is -2.42. The Morgan fingerprint density at radius 3 is 2.63 bits per heavy atom. The fourth-order valence-corrected chi connectivity index (χ4v) is 6.43. The zero-order valence-electron chi connectivity index (χ0n) is 29.4. The Labute approximate surface area is 303 Å². The molecule has 1 aliphatic heterocycles. The van der Waals surface area contributed by atoms with Gasteiger partial charge in [-0.2, -0.15) is 0 Å². The second kappa shape index (κ2) is 16.0. The van der Waals surface area contributed by atoms with Crippen LogP contribution in [0.2, 0.25) is 5.02 Å². The van der Waals surface area contributed by atoms with Crippen LogP contribution in [0.5, 0.6) is 11.5 Å². The van der Waals surface area contributed by atoms with Crippen LogP contribution in [0.15, 0.2) is 77.6 Å². The minimum Gasteiger partial charge on any atom is -0.492 e. The first kappa shape index (κ1) is 36.0. The van der Waals surface area contributed by atoms with E-state index in [1.54, 1.807) is 24.3 Å². The summed E-state index contributed by atoms with van der Waals surface area (Å²) in [6, 6.07) is 16.4. The van der Waals surface area contributed by atoms with Crippen molar-refractivity contribution in [2.45, 2.75) is 71.4 Å². The normalized spacial score (nSPS) is 18.3. The number of anilines is 1. The number of nitrogens with zero attached hydrogens (tertiary/aromatic N) is 5. The van der Waals surface area contributed by atoms with Gasteiger partial charge in [0.15, 0.2) is 5.65 Å². The summed E-state index contributed by atoms with van der Waals surface area (Å²) < 4.78 is 14.3. The average molecular weight is 715 g/mol. The average Bonchev–Trinajstić information content (AvgIpc) is 3.54. The molecule has 1 saturated heterocycles. The third-order valence-corrected chi connectivity index (χ3v) is 9.45. The highest BCUT2D eigenvalue weighted by atomic mass is 35.5. The number of benzene rings is 2. The van der Waals surface area contributed by atoms with Gasteiger partial charge in [0.25, 0.3) is 0 Å². The van der Waals surface area contributed by atoms with Gasteiger partial charge >= 0.3 is 6.03 Å². The molecule has 5 N–H and O–H groups in total. The molecule has 270 valence electrons. The van der Waals surface area contributed by atoms with Crippen molar-refractivity contribution in [2.24, 2.45) is 16.1 Å². The molecule has 0 saturated carbocycles. The van der Waals surface area contributed by atoms with E-state index in [0.717, 1.165) is 54.4 Å². The number of allylic oxidation sites excluding steroid dienone is 1. The molecule has 2 aliphatic rings. The number of urea groups is 1. The van der Waals surface area contributed by atoms with E-state index in [1.807, 2.05) is 61.7 Å². The zero-order chi connectivity index (χ0) is 36.0. The molecule has 51 heavy (non-hydrogen) atoms. The summed E-state index contributed by atoms with van der Waals surface area (Å²) in [6.45, 7) is 8.22. The number of carbonyl (C=O) groups excluding carboxylic acids is 1. The van der Waals surface area contributed by atoms with Gasteiger partial charge in [0.05, 0.1) is 29.6 Å². The van der Waals surface area contributed by atoms with Gasteiger partial charge in [-0.25, -0.2) is 9.79 Å². The van der Waals surface area contributed by atoms with Crippen LogP contribution in [0, 0.1) is 5.41 Å². The van der Waals surface area contributed by atoms with E-state index in [2.05, 4.69) is 31.8 Å². The van der Waals surface area contributed by atoms with Crippen LogP contribution in [0.1, 0.15) is 82.6 Å². The topological polar surface area (TPSA) is 152 Å². The molecule has 4 aromatic rings. The lowest BCUT2D eigenvalue weighted by molar-refractivity contribution is 0.171. The molecule has 0 radical (unpaired) electrons. The number of carbonyl (C=O) groups is 1. The lowest BCUT2D eigenvalue weighted by atomic mass is 9.85. The molecule has 2 amide bonds. The molecule has 2 aromatic carbocycles. The second-order valence-corrected chi connectivity index (χ2v) is 14.4. The number of rotatable bonds is 10. The van der Waals surface area contributed by atoms with E-state index in [4.69, 9.17) is 36.9 Å². The van der Waals surface area contributed by atoms with Crippen molar-refractivity contribution in [1.29, 1.82) is 0 Å². The highest BCUT2D eigenvalue weighted by Gasteiger charge is 2.30. The van der Waals surface area contributed by atoms with Crippen molar-refractivity contribution in [3.8, 4) is 11.5 Å². The summed E-state index contributed by atoms with van der Waals surface area (Å²) in [6.07, 6.45) is 8.83. The van der Waals surface area contributed by atoms with Gasteiger partial charge in [-0.3, -0.25) is 9.72 Å². The molecule has 2 atom stereocenters. The Morgan fingerprint density at radius 1 is 1.08 bits per heavy atom. The molecular weight excluding hydrogens is 668 g/mol. The number of amides is 2. The van der Waals surface area contributed by atoms with Crippen molar-refractivity contribution >= 4 is 40.8 Å². The second-order valence-electron chi connectivity index (χ2n) is 14.0. The molecule has 6 rings (SSSR count). The Hall–Kier alpha value is -4.81. The van der Waals surface area contributed by atoms with Crippen LogP contribution in [0.4, 0.5) is 16.4 Å². The van der Waals surface area contributed by atoms with E-state index in [9.17, 15) is 4.79 Å². The predicted molar refractivity (Wildman–Crippen MR) is 200 cm³/mol. The van der Waals surface area contributed by atoms with Gasteiger partial charge in [-0.05, 0) is 67.5 Å². The number of hydrogen-bond acceptors (Lipinski definition) is 9. The molecule has 12 nitrogen and oxygen atoms in total. The number of pyridine rings is 1. The number of nitrogens with two attached hydrogens (primary N) is 1. The number of hydrogen-bond donors (Lipinski definition) is 4. The minimum atomic E-state index is -0.414. The molecule has 0 unspecified atom stereocenters. The largest absolute Gasteiger partial charge is 0.492 e. The standard InChI is InChI=1S/C38H47ClN8O4/c1-38(2,3)33(40)23-34(41-25-12-14-29(39)32(22-25)50-21-9-20-48)43-36(49)42-30-15-16-31(28-11-6-5-10-27(28)30)51-26-13-17-35-44-45-37(47(35)24-26)46-18-7-4-8-19-46/h5-6,10-14,17,22-24,30-31,48H,4,7-9,15-16,18-21,40H2,1-3H3,(H2,41,42,43,49)/t30-,31+/m0/s1. The molecule has 2 aromatic heterocycles. The monoisotopic (exact) mass is 714 g/mol. The summed E-state index contributed by atoms with van der Waals surface area (Å²) in [5.41, 5.74) is 9.93. The fourth-order valence-electron chi connectivity index (χ4n) is 6.25. The molecule has 3 heterocycles. The fraction of sp³-hybridized carbons (Fsp3) is 0.421. The number of halogens is 1. The highest BCUT2D eigenvalue weighted by molar-refractivity contribution is 6.32. The Balaban J connectivity index is 1.18. The summed E-state index contributed by atoms with van der Waals surface area (Å²) in [5.74, 6) is 2.28. The number of ether oxygens (including phenoxy) is 2. The summed E-state index contributed by atoms with van der Waals surface area (Å²) in [7, 11) is 0. The smallest absolute Gasteiger partial charge is 0.320 e. The van der Waals surface area contributed by atoms with Crippen molar-refractivity contribution in [2.75, 3.05) is 31.2 Å². The summed E-state index contributed by atoms with van der Waals surface area (Å²) in [4.78, 5) is 20.6. The van der Waals surface area contributed by atoms with Crippen LogP contribution < -0.4 is 30.7 Å². The number of piperidine rings is 1. The van der Waals surface area contributed by atoms with Crippen molar-refractivity contribution in [3.05, 3.63) is 88.7 Å². The SMILES string of the molecule is CC(C)(C)C(N)=CC(=Nc1ccc(Cl)c(OCCCO)c1)NC(=O)N[C@H]1CC[C@@H](Oc2ccc3nnc(N4CCCCC4)n3c2)c2ccccc21. The number of aromatic nitrogens is 3. The molecule has 0 spiro atoms. The first-order valence-corrected chi connectivity index (χ1v) is 18.0. The first-order valence-electron chi connectivity index (χ1n) is 17.6. The number of nitrogens with one attached hydrogen (secondary N) is 2. The van der Waals surface area contributed by atoms with Crippen molar-refractivity contribution in [1.82, 2.24) is 25.2 Å². The third-order valence-electron chi connectivity index (χ3n) is 9.14. The van der Waals surface area contributed by atoms with Gasteiger partial charge in [-0.15, -0.1) is 10.2 Å². The van der Waals surface area contributed by atoms with Crippen LogP contribution in [0.3, 0.4) is 0 Å². The number of aliphatic hydroxyl groups excluding tert-OH is 1. The number of aliphatic imine (C=N–C) groups is 1. The maximum Gasteiger partial charge on any atom is 0.320 e. The van der Waals surface area contributed by atoms with Gasteiger partial charge in [0, 0.05) is 49.4 Å². The Bertz CT molecular complexity index is 1900. The lowest BCUT2D eigenvalue weighted by Gasteiger charge is -2.32. The van der Waals surface area contributed by atoms with E-state index < -0.39 is 6.03 Å². The maximum atomic E-state index is 13.6. The van der Waals surface area contributed by atoms with Gasteiger partial charge in [-0.1, -0.05) is 56.6 Å². The van der Waals surface area contributed by atoms with Crippen LogP contribution in [-0.2, 0) is 0 Å². The summed E-state index contributed by atoms with van der Waals surface area (Å²) >= 11 is 6.33. The van der Waals surface area contributed by atoms with Crippen LogP contribution in [0.25, 0.3) is 5.65 Å². The van der Waals surface area contributed by atoms with Crippen molar-refractivity contribution < 1.29 is 19.4 Å². The quantitative estimate of drug-likeness (QED) is 0.0778. The minimum absolute atomic E-state index is 0.00871. The van der Waals surface area contributed by atoms with Gasteiger partial charge < -0.3 is 30.5 Å². The van der Waals surface area contributed by atoms with Gasteiger partial charge in [0.2, 0.25) is 5.95 Å². The Morgan fingerprint density at radius 2 is 1.86 bits per heavy atom. The Kier molecular flexibility index (Phi) is 11.3. The van der Waals surface area contributed by atoms with Crippen LogP contribution >= 0.6 is 11.6 Å². The maximum absolute atomic E-state index is 13.6. The third kappa shape index (κ3) is 8.92. The van der Waals surface area contributed by atoms with E-state index in [-0.39, 0.29) is 30.0 Å². The van der Waals surface area contributed by atoms with E-state index in [1.165, 1.54) is 6.42 Å². The molecule has 13 heteroatoms. The van der Waals surface area contributed by atoms with Crippen LogP contribution in [-0.4, -0.2) is 57.9 Å². The zero-order valence-corrected chi connectivity index (χ0v) is 30.2. The van der Waals surface area contributed by atoms with E-state index in [0.29, 0.717) is 48.0 Å². The highest BCUT2D eigenvalue weighted by Crippen LogP contribution is 2.39. The number of aliphatic hydroxyl groups is 1. The molecular formula is C38H47ClN8O4. The van der Waals surface area contributed by atoms with E-state index >= 15 is 0 Å². The van der Waals surface area contributed by atoms with Gasteiger partial charge in [0.1, 0.15) is 23.4 Å². The van der Waals surface area contributed by atoms with Crippen molar-refractivity contribution in [3.63, 3.8) is 0 Å². The predicted octanol–water partition coefficient (Wildman–Crippen LogP) is 7.01. The molecule has 1 aliphatic carbocycles. The molecule has 0 bridgehead atoms. The molecule has 1 fully saturated rings. The number of fused-ring (bicyclic) bond motifs is 2. The number of amidine groups is 1. The summed E-state index contributed by atoms with van der Waals surface area (Å²) in [5, 5.41) is 24.5. The first-order chi connectivity index (χ1) is 24.6.